The number of nitrogens with one attached hydrogen (secondary N) is 2. The first-order chi connectivity index (χ1) is 13.2. The normalized spacial score (nSPS) is 15.9. The second-order valence-electron chi connectivity index (χ2n) is 7.08. The van der Waals surface area contributed by atoms with Crippen LogP contribution < -0.4 is 10.6 Å². The van der Waals surface area contributed by atoms with Gasteiger partial charge in [0.25, 0.3) is 0 Å². The molecule has 0 unspecified atom stereocenters. The summed E-state index contributed by atoms with van der Waals surface area (Å²) in [6.07, 6.45) is 1.03. The van der Waals surface area contributed by atoms with Gasteiger partial charge in [-0.05, 0) is 36.0 Å². The van der Waals surface area contributed by atoms with Gasteiger partial charge in [-0.25, -0.2) is 0 Å². The topological polar surface area (TPSA) is 42.9 Å². The molecule has 1 fully saturated rings. The number of guanidine groups is 1. The van der Waals surface area contributed by atoms with Crippen molar-refractivity contribution in [2.24, 2.45) is 4.99 Å². The van der Waals surface area contributed by atoms with E-state index in [9.17, 15) is 0 Å². The van der Waals surface area contributed by atoms with Gasteiger partial charge in [-0.15, -0.1) is 35.3 Å². The second kappa shape index (κ2) is 12.4. The molecule has 2 heterocycles. The van der Waals surface area contributed by atoms with Gasteiger partial charge in [0.1, 0.15) is 0 Å². The number of hydrogen-bond acceptors (Lipinski definition) is 4. The van der Waals surface area contributed by atoms with Crippen molar-refractivity contribution >= 4 is 41.3 Å². The van der Waals surface area contributed by atoms with Crippen LogP contribution in [0.1, 0.15) is 16.0 Å². The molecule has 1 aromatic carbocycles. The molecule has 2 aromatic rings. The fraction of sp³-hybridized carbons (Fsp3) is 0.476. The lowest BCUT2D eigenvalue weighted by Crippen LogP contribution is -2.43. The number of nitrogens with zero attached hydrogens (tertiary/aromatic N) is 3. The number of likely N-dealkylation sites (N-methyl/N-ethyl adjacent to an activating group) is 1. The third kappa shape index (κ3) is 7.69. The summed E-state index contributed by atoms with van der Waals surface area (Å²) in [5.41, 5.74) is 2.67. The predicted molar refractivity (Wildman–Crippen MR) is 131 cm³/mol. The van der Waals surface area contributed by atoms with Gasteiger partial charge in [0.15, 0.2) is 5.96 Å². The van der Waals surface area contributed by atoms with Gasteiger partial charge in [0, 0.05) is 57.7 Å². The van der Waals surface area contributed by atoms with Crippen LogP contribution in [0.15, 0.2) is 46.8 Å². The first-order valence-corrected chi connectivity index (χ1v) is 10.6. The summed E-state index contributed by atoms with van der Waals surface area (Å²) in [5, 5.41) is 8.90. The van der Waals surface area contributed by atoms with Crippen LogP contribution in [-0.4, -0.2) is 62.6 Å². The lowest BCUT2D eigenvalue weighted by molar-refractivity contribution is 0.148. The minimum absolute atomic E-state index is 0. The highest BCUT2D eigenvalue weighted by molar-refractivity contribution is 14.0. The van der Waals surface area contributed by atoms with Crippen LogP contribution in [0.4, 0.5) is 0 Å². The fourth-order valence-corrected chi connectivity index (χ4v) is 3.90. The third-order valence-corrected chi connectivity index (χ3v) is 5.89. The van der Waals surface area contributed by atoms with Crippen molar-refractivity contribution in [2.45, 2.75) is 19.5 Å². The molecule has 0 saturated carbocycles. The Morgan fingerprint density at radius 3 is 2.39 bits per heavy atom. The van der Waals surface area contributed by atoms with Gasteiger partial charge in [-0.2, -0.15) is 0 Å². The summed E-state index contributed by atoms with van der Waals surface area (Å²) < 4.78 is 0. The maximum atomic E-state index is 4.31. The van der Waals surface area contributed by atoms with Crippen molar-refractivity contribution in [3.05, 3.63) is 57.8 Å². The summed E-state index contributed by atoms with van der Waals surface area (Å²) in [6.45, 7) is 7.38. The van der Waals surface area contributed by atoms with E-state index in [0.717, 1.165) is 45.1 Å². The number of thiophene rings is 1. The van der Waals surface area contributed by atoms with E-state index >= 15 is 0 Å². The quantitative estimate of drug-likeness (QED) is 0.340. The Morgan fingerprint density at radius 1 is 1.04 bits per heavy atom. The highest BCUT2D eigenvalue weighted by Crippen LogP contribution is 2.10. The molecule has 0 atom stereocenters. The molecule has 0 radical (unpaired) electrons. The number of piperazine rings is 1. The molecule has 1 saturated heterocycles. The average molecular weight is 513 g/mol. The zero-order chi connectivity index (χ0) is 18.9. The van der Waals surface area contributed by atoms with Crippen molar-refractivity contribution in [2.75, 3.05) is 46.8 Å². The summed E-state index contributed by atoms with van der Waals surface area (Å²) in [6, 6.07) is 13.2. The monoisotopic (exact) mass is 513 g/mol. The van der Waals surface area contributed by atoms with E-state index in [0.29, 0.717) is 0 Å². The molecule has 5 nitrogen and oxygen atoms in total. The smallest absolute Gasteiger partial charge is 0.191 e. The first kappa shape index (κ1) is 23.1. The molecule has 1 aliphatic heterocycles. The van der Waals surface area contributed by atoms with Crippen molar-refractivity contribution in [1.82, 2.24) is 20.4 Å². The van der Waals surface area contributed by atoms with Crippen LogP contribution in [0, 0.1) is 0 Å². The SMILES string of the molecule is CN=C(NCCc1cccs1)NCc1ccc(CN2CCN(C)CC2)cc1.I. The molecule has 154 valence electrons. The van der Waals surface area contributed by atoms with E-state index < -0.39 is 0 Å². The molecule has 2 N–H and O–H groups in total. The van der Waals surface area contributed by atoms with Gasteiger partial charge < -0.3 is 15.5 Å². The van der Waals surface area contributed by atoms with E-state index in [4.69, 9.17) is 0 Å². The van der Waals surface area contributed by atoms with Crippen LogP contribution in [0.2, 0.25) is 0 Å². The summed E-state index contributed by atoms with van der Waals surface area (Å²) in [4.78, 5) is 10.6. The molecule has 3 rings (SSSR count). The molecule has 0 amide bonds. The van der Waals surface area contributed by atoms with Crippen LogP contribution in [-0.2, 0) is 19.5 Å². The lowest BCUT2D eigenvalue weighted by atomic mass is 10.1. The molecular weight excluding hydrogens is 481 g/mol. The summed E-state index contributed by atoms with van der Waals surface area (Å²) >= 11 is 1.80. The molecular formula is C21H32IN5S. The van der Waals surface area contributed by atoms with Crippen molar-refractivity contribution in [1.29, 1.82) is 0 Å². The van der Waals surface area contributed by atoms with Gasteiger partial charge in [-0.1, -0.05) is 30.3 Å². The van der Waals surface area contributed by atoms with E-state index in [1.807, 2.05) is 7.05 Å². The number of halogens is 1. The van der Waals surface area contributed by atoms with Crippen molar-refractivity contribution in [3.8, 4) is 0 Å². The minimum Gasteiger partial charge on any atom is -0.356 e. The molecule has 28 heavy (non-hydrogen) atoms. The fourth-order valence-electron chi connectivity index (χ4n) is 3.19. The number of benzene rings is 1. The highest BCUT2D eigenvalue weighted by atomic mass is 127. The largest absolute Gasteiger partial charge is 0.356 e. The zero-order valence-electron chi connectivity index (χ0n) is 16.9. The standard InChI is InChI=1S/C21H31N5S.HI/c1-22-21(23-10-9-20-4-3-15-27-20)24-16-18-5-7-19(8-6-18)17-26-13-11-25(2)12-14-26;/h3-8,15H,9-14,16-17H2,1-2H3,(H2,22,23,24);1H. The van der Waals surface area contributed by atoms with Gasteiger partial charge in [0.2, 0.25) is 0 Å². The van der Waals surface area contributed by atoms with Gasteiger partial charge in [0.05, 0.1) is 0 Å². The maximum Gasteiger partial charge on any atom is 0.191 e. The summed E-state index contributed by atoms with van der Waals surface area (Å²) in [7, 11) is 4.02. The molecule has 1 aliphatic rings. The van der Waals surface area contributed by atoms with Gasteiger partial charge >= 0.3 is 0 Å². The van der Waals surface area contributed by atoms with Crippen molar-refractivity contribution < 1.29 is 0 Å². The van der Waals surface area contributed by atoms with E-state index in [1.54, 1.807) is 11.3 Å². The van der Waals surface area contributed by atoms with Gasteiger partial charge in [-0.3, -0.25) is 9.89 Å². The molecule has 0 aliphatic carbocycles. The highest BCUT2D eigenvalue weighted by Gasteiger charge is 2.13. The summed E-state index contributed by atoms with van der Waals surface area (Å²) in [5.74, 6) is 0.855. The Kier molecular flexibility index (Phi) is 10.3. The Balaban J connectivity index is 0.00000280. The van der Waals surface area contributed by atoms with Crippen molar-refractivity contribution in [3.63, 3.8) is 0 Å². The first-order valence-electron chi connectivity index (χ1n) is 9.68. The molecule has 0 spiro atoms. The van der Waals surface area contributed by atoms with E-state index in [-0.39, 0.29) is 24.0 Å². The average Bonchev–Trinajstić information content (AvgIpc) is 3.21. The van der Waals surface area contributed by atoms with Crippen LogP contribution in [0.3, 0.4) is 0 Å². The number of hydrogen-bond donors (Lipinski definition) is 2. The minimum atomic E-state index is 0. The second-order valence-corrected chi connectivity index (χ2v) is 8.11. The Labute approximate surface area is 190 Å². The van der Waals surface area contributed by atoms with E-state index in [1.165, 1.54) is 29.1 Å². The van der Waals surface area contributed by atoms with Crippen LogP contribution in [0.25, 0.3) is 0 Å². The maximum absolute atomic E-state index is 4.31. The number of rotatable bonds is 7. The lowest BCUT2D eigenvalue weighted by Gasteiger charge is -2.32. The Morgan fingerprint density at radius 2 is 1.75 bits per heavy atom. The third-order valence-electron chi connectivity index (χ3n) is 4.95. The molecule has 0 bridgehead atoms. The Hall–Kier alpha value is -1.16. The number of aliphatic imine (C=N–C) groups is 1. The van der Waals surface area contributed by atoms with Crippen LogP contribution in [0.5, 0.6) is 0 Å². The molecule has 1 aromatic heterocycles. The van der Waals surface area contributed by atoms with Crippen LogP contribution >= 0.6 is 35.3 Å². The predicted octanol–water partition coefficient (Wildman–Crippen LogP) is 3.02. The molecule has 7 heteroatoms. The Bertz CT molecular complexity index is 694. The van der Waals surface area contributed by atoms with E-state index in [2.05, 4.69) is 74.3 Å². The zero-order valence-corrected chi connectivity index (χ0v) is 20.0.